The van der Waals surface area contributed by atoms with Gasteiger partial charge in [0.05, 0.1) is 0 Å². The van der Waals surface area contributed by atoms with Crippen LogP contribution >= 0.6 is 0 Å². The third kappa shape index (κ3) is 4.49. The predicted octanol–water partition coefficient (Wildman–Crippen LogP) is 1.01. The fraction of sp³-hybridized carbons (Fsp3) is 1.00. The van der Waals surface area contributed by atoms with Gasteiger partial charge in [0.15, 0.2) is 0 Å². The highest BCUT2D eigenvalue weighted by Gasteiger charge is 2.19. The van der Waals surface area contributed by atoms with Crippen LogP contribution < -0.4 is 5.32 Å². The molecule has 1 saturated heterocycles. The topological polar surface area (TPSA) is 18.5 Å². The summed E-state index contributed by atoms with van der Waals surface area (Å²) < 4.78 is 0. The summed E-state index contributed by atoms with van der Waals surface area (Å²) in [7, 11) is 0. The van der Waals surface area contributed by atoms with E-state index >= 15 is 0 Å². The maximum absolute atomic E-state index is 3.50. The van der Waals surface area contributed by atoms with Crippen LogP contribution in [-0.4, -0.2) is 61.7 Å². The minimum atomic E-state index is 0.690. The molecule has 0 aromatic heterocycles. The Morgan fingerprint density at radius 2 is 1.80 bits per heavy atom. The number of nitrogens with one attached hydrogen (secondary N) is 1. The zero-order valence-electron chi connectivity index (χ0n) is 10.6. The van der Waals surface area contributed by atoms with E-state index in [9.17, 15) is 0 Å². The smallest absolute Gasteiger partial charge is 0.0193 e. The van der Waals surface area contributed by atoms with Gasteiger partial charge in [0, 0.05) is 38.8 Å². The van der Waals surface area contributed by atoms with Crippen molar-refractivity contribution in [3.8, 4) is 0 Å². The first-order valence-corrected chi connectivity index (χ1v) is 6.45. The number of likely N-dealkylation sites (N-methyl/N-ethyl adjacent to an activating group) is 1. The molecule has 1 aliphatic heterocycles. The summed E-state index contributed by atoms with van der Waals surface area (Å²) >= 11 is 0. The molecule has 1 aliphatic rings. The molecule has 0 amide bonds. The Balaban J connectivity index is 2.15. The van der Waals surface area contributed by atoms with Crippen LogP contribution in [0.1, 0.15) is 27.2 Å². The maximum Gasteiger partial charge on any atom is 0.0193 e. The Hall–Kier alpha value is -0.120. The summed E-state index contributed by atoms with van der Waals surface area (Å²) in [5.74, 6) is 0. The minimum absolute atomic E-state index is 0.690. The van der Waals surface area contributed by atoms with Gasteiger partial charge in [-0.15, -0.1) is 0 Å². The third-order valence-corrected chi connectivity index (χ3v) is 3.34. The zero-order chi connectivity index (χ0) is 11.1. The summed E-state index contributed by atoms with van der Waals surface area (Å²) in [5.41, 5.74) is 0. The van der Waals surface area contributed by atoms with E-state index in [0.29, 0.717) is 6.04 Å². The van der Waals surface area contributed by atoms with Crippen molar-refractivity contribution in [3.63, 3.8) is 0 Å². The van der Waals surface area contributed by atoms with Crippen molar-refractivity contribution >= 4 is 0 Å². The van der Waals surface area contributed by atoms with E-state index in [-0.39, 0.29) is 0 Å². The number of nitrogens with zero attached hydrogens (tertiary/aromatic N) is 2. The number of rotatable bonds is 6. The van der Waals surface area contributed by atoms with E-state index < -0.39 is 0 Å². The third-order valence-electron chi connectivity index (χ3n) is 3.34. The fourth-order valence-corrected chi connectivity index (χ4v) is 2.14. The summed E-state index contributed by atoms with van der Waals surface area (Å²) in [6.07, 6.45) is 1.23. The van der Waals surface area contributed by atoms with Gasteiger partial charge in [0.2, 0.25) is 0 Å². The van der Waals surface area contributed by atoms with E-state index in [0.717, 1.165) is 13.1 Å². The van der Waals surface area contributed by atoms with E-state index in [2.05, 4.69) is 35.9 Å². The van der Waals surface area contributed by atoms with Gasteiger partial charge in [-0.2, -0.15) is 0 Å². The van der Waals surface area contributed by atoms with Crippen LogP contribution in [0, 0.1) is 0 Å². The lowest BCUT2D eigenvalue weighted by atomic mass is 10.2. The second kappa shape index (κ2) is 7.20. The van der Waals surface area contributed by atoms with Crippen LogP contribution in [-0.2, 0) is 0 Å². The summed E-state index contributed by atoms with van der Waals surface area (Å²) in [6.45, 7) is 15.3. The molecule has 15 heavy (non-hydrogen) atoms. The number of hydrogen-bond donors (Lipinski definition) is 1. The van der Waals surface area contributed by atoms with Crippen LogP contribution in [0.4, 0.5) is 0 Å². The molecule has 1 unspecified atom stereocenters. The molecule has 0 aromatic rings. The van der Waals surface area contributed by atoms with E-state index in [1.165, 1.54) is 39.1 Å². The second-order valence-corrected chi connectivity index (χ2v) is 4.52. The SMILES string of the molecule is CCCNCC(C)N1CCN(CC)CC1. The van der Waals surface area contributed by atoms with Crippen molar-refractivity contribution in [2.45, 2.75) is 33.2 Å². The Labute approximate surface area is 94.8 Å². The molecular formula is C12H27N3. The molecule has 1 fully saturated rings. The Kier molecular flexibility index (Phi) is 6.22. The van der Waals surface area contributed by atoms with Crippen molar-refractivity contribution in [2.75, 3.05) is 45.8 Å². The fourth-order valence-electron chi connectivity index (χ4n) is 2.14. The molecule has 90 valence electrons. The highest BCUT2D eigenvalue weighted by Crippen LogP contribution is 2.05. The first-order chi connectivity index (χ1) is 7.27. The largest absolute Gasteiger partial charge is 0.315 e. The quantitative estimate of drug-likeness (QED) is 0.664. The number of piperazine rings is 1. The molecule has 0 saturated carbocycles. The van der Waals surface area contributed by atoms with E-state index in [1.54, 1.807) is 0 Å². The molecule has 1 heterocycles. The first kappa shape index (κ1) is 12.9. The highest BCUT2D eigenvalue weighted by molar-refractivity contribution is 4.76. The molecule has 1 N–H and O–H groups in total. The Morgan fingerprint density at radius 1 is 1.13 bits per heavy atom. The minimum Gasteiger partial charge on any atom is -0.315 e. The molecule has 1 rings (SSSR count). The molecule has 0 bridgehead atoms. The van der Waals surface area contributed by atoms with Crippen LogP contribution in [0.15, 0.2) is 0 Å². The van der Waals surface area contributed by atoms with Crippen molar-refractivity contribution < 1.29 is 0 Å². The second-order valence-electron chi connectivity index (χ2n) is 4.52. The lowest BCUT2D eigenvalue weighted by molar-refractivity contribution is 0.105. The van der Waals surface area contributed by atoms with Crippen LogP contribution in [0.25, 0.3) is 0 Å². The summed E-state index contributed by atoms with van der Waals surface area (Å²) in [6, 6.07) is 0.690. The van der Waals surface area contributed by atoms with Gasteiger partial charge in [-0.05, 0) is 26.4 Å². The average Bonchev–Trinajstić information content (AvgIpc) is 2.29. The monoisotopic (exact) mass is 213 g/mol. The van der Waals surface area contributed by atoms with E-state index in [4.69, 9.17) is 0 Å². The lowest BCUT2D eigenvalue weighted by Gasteiger charge is -2.37. The first-order valence-electron chi connectivity index (χ1n) is 6.45. The molecule has 0 spiro atoms. The van der Waals surface area contributed by atoms with Gasteiger partial charge in [0.1, 0.15) is 0 Å². The van der Waals surface area contributed by atoms with Crippen LogP contribution in [0.5, 0.6) is 0 Å². The molecule has 0 aromatic carbocycles. The Morgan fingerprint density at radius 3 is 2.33 bits per heavy atom. The highest BCUT2D eigenvalue weighted by atomic mass is 15.3. The van der Waals surface area contributed by atoms with Crippen LogP contribution in [0.3, 0.4) is 0 Å². The van der Waals surface area contributed by atoms with Crippen molar-refractivity contribution in [2.24, 2.45) is 0 Å². The van der Waals surface area contributed by atoms with Gasteiger partial charge < -0.3 is 10.2 Å². The average molecular weight is 213 g/mol. The van der Waals surface area contributed by atoms with Gasteiger partial charge in [0.25, 0.3) is 0 Å². The summed E-state index contributed by atoms with van der Waals surface area (Å²) in [4.78, 5) is 5.14. The molecule has 1 atom stereocenters. The molecule has 0 aliphatic carbocycles. The molecule has 3 heteroatoms. The molecule has 0 radical (unpaired) electrons. The standard InChI is InChI=1S/C12H27N3/c1-4-6-13-11-12(3)15-9-7-14(5-2)8-10-15/h12-13H,4-11H2,1-3H3. The number of hydrogen-bond acceptors (Lipinski definition) is 3. The Bertz CT molecular complexity index is 153. The maximum atomic E-state index is 3.50. The van der Waals surface area contributed by atoms with Crippen molar-refractivity contribution in [1.82, 2.24) is 15.1 Å². The van der Waals surface area contributed by atoms with Crippen LogP contribution in [0.2, 0.25) is 0 Å². The van der Waals surface area contributed by atoms with Crippen molar-refractivity contribution in [3.05, 3.63) is 0 Å². The lowest BCUT2D eigenvalue weighted by Crippen LogP contribution is -2.51. The molecule has 3 nitrogen and oxygen atoms in total. The van der Waals surface area contributed by atoms with Gasteiger partial charge in [-0.3, -0.25) is 4.90 Å². The van der Waals surface area contributed by atoms with E-state index in [1.807, 2.05) is 0 Å². The normalized spacial score (nSPS) is 21.8. The zero-order valence-corrected chi connectivity index (χ0v) is 10.6. The van der Waals surface area contributed by atoms with Crippen molar-refractivity contribution in [1.29, 1.82) is 0 Å². The predicted molar refractivity (Wildman–Crippen MR) is 66.3 cm³/mol. The van der Waals surface area contributed by atoms with Gasteiger partial charge in [-0.1, -0.05) is 13.8 Å². The van der Waals surface area contributed by atoms with Gasteiger partial charge >= 0.3 is 0 Å². The molecular weight excluding hydrogens is 186 g/mol. The summed E-state index contributed by atoms with van der Waals surface area (Å²) in [5, 5.41) is 3.50. The van der Waals surface area contributed by atoms with Gasteiger partial charge in [-0.25, -0.2) is 0 Å².